The summed E-state index contributed by atoms with van der Waals surface area (Å²) in [6.07, 6.45) is 3.15. The number of halogens is 1. The highest BCUT2D eigenvalue weighted by Crippen LogP contribution is 1.91. The summed E-state index contributed by atoms with van der Waals surface area (Å²) in [7, 11) is 0. The smallest absolute Gasteiger partial charge is 0.283 e. The summed E-state index contributed by atoms with van der Waals surface area (Å²) >= 11 is 0. The first-order valence-electron chi connectivity index (χ1n) is 3.67. The second kappa shape index (κ2) is 5.33. The molecule has 0 fully saturated rings. The Labute approximate surface area is 91.5 Å². The number of pyridine rings is 1. The van der Waals surface area contributed by atoms with Gasteiger partial charge in [0.25, 0.3) is 5.91 Å². The Kier molecular flexibility index (Phi) is 4.79. The van der Waals surface area contributed by atoms with Crippen LogP contribution in [0.3, 0.4) is 0 Å². The van der Waals surface area contributed by atoms with Crippen molar-refractivity contribution in [1.82, 2.24) is 0 Å². The molecule has 0 aromatic carbocycles. The van der Waals surface area contributed by atoms with Crippen LogP contribution < -0.4 is 33.0 Å². The van der Waals surface area contributed by atoms with E-state index in [4.69, 9.17) is 11.5 Å². The van der Waals surface area contributed by atoms with E-state index in [1.54, 1.807) is 17.0 Å². The van der Waals surface area contributed by atoms with Gasteiger partial charge in [0.1, 0.15) is 0 Å². The first-order valence-corrected chi connectivity index (χ1v) is 3.67. The van der Waals surface area contributed by atoms with Crippen LogP contribution in [0.2, 0.25) is 0 Å². The lowest BCUT2D eigenvalue weighted by molar-refractivity contribution is -0.684. The zero-order valence-corrected chi connectivity index (χ0v) is 8.90. The molecule has 5 nitrogen and oxygen atoms in total. The number of rotatable bonds is 3. The van der Waals surface area contributed by atoms with Crippen molar-refractivity contribution in [1.29, 1.82) is 0 Å². The van der Waals surface area contributed by atoms with E-state index in [1.807, 2.05) is 0 Å². The molecule has 0 spiro atoms. The highest BCUT2D eigenvalue weighted by atomic mass is 79.9. The summed E-state index contributed by atoms with van der Waals surface area (Å²) in [6, 6.07) is 3.07. The Morgan fingerprint density at radius 2 is 1.71 bits per heavy atom. The molecule has 0 saturated carbocycles. The minimum Gasteiger partial charge on any atom is -1.00 e. The van der Waals surface area contributed by atoms with Gasteiger partial charge in [0, 0.05) is 12.1 Å². The monoisotopic (exact) mass is 259 g/mol. The molecule has 0 aliphatic heterocycles. The van der Waals surface area contributed by atoms with Crippen molar-refractivity contribution < 1.29 is 31.1 Å². The quantitative estimate of drug-likeness (QED) is 0.537. The van der Waals surface area contributed by atoms with Crippen LogP contribution in [0.15, 0.2) is 24.5 Å². The molecule has 1 aromatic heterocycles. The molecular weight excluding hydrogens is 250 g/mol. The third-order valence-corrected chi connectivity index (χ3v) is 1.51. The van der Waals surface area contributed by atoms with Crippen molar-refractivity contribution in [3.8, 4) is 0 Å². The van der Waals surface area contributed by atoms with Gasteiger partial charge in [-0.1, -0.05) is 0 Å². The van der Waals surface area contributed by atoms with Gasteiger partial charge in [-0.15, -0.1) is 0 Å². The Morgan fingerprint density at radius 3 is 2.07 bits per heavy atom. The molecule has 0 aliphatic carbocycles. The molecule has 14 heavy (non-hydrogen) atoms. The molecule has 2 amide bonds. The molecule has 0 bridgehead atoms. The number of hydrogen-bond donors (Lipinski definition) is 2. The molecule has 0 saturated heterocycles. The van der Waals surface area contributed by atoms with Crippen LogP contribution in [-0.4, -0.2) is 11.8 Å². The van der Waals surface area contributed by atoms with Crippen molar-refractivity contribution in [3.63, 3.8) is 0 Å². The molecule has 1 rings (SSSR count). The van der Waals surface area contributed by atoms with Crippen molar-refractivity contribution in [2.45, 2.75) is 6.54 Å². The number of carbonyl (C=O) groups is 2. The van der Waals surface area contributed by atoms with Gasteiger partial charge in [-0.05, 0) is 0 Å². The van der Waals surface area contributed by atoms with E-state index in [0.717, 1.165) is 0 Å². The average molecular weight is 260 g/mol. The SMILES string of the molecule is NC(=O)C[n+]1ccc(C(N)=O)cc1.[Br-]. The van der Waals surface area contributed by atoms with Gasteiger partial charge in [0.05, 0.1) is 5.56 Å². The second-order valence-corrected chi connectivity index (χ2v) is 2.59. The zero-order chi connectivity index (χ0) is 9.84. The van der Waals surface area contributed by atoms with E-state index < -0.39 is 11.8 Å². The number of carbonyl (C=O) groups excluding carboxylic acids is 2. The minimum atomic E-state index is -0.494. The number of primary amides is 2. The first kappa shape index (κ1) is 12.6. The fourth-order valence-electron chi connectivity index (χ4n) is 0.907. The van der Waals surface area contributed by atoms with Gasteiger partial charge < -0.3 is 28.4 Å². The maximum Gasteiger partial charge on any atom is 0.283 e. The third kappa shape index (κ3) is 3.53. The highest BCUT2D eigenvalue weighted by molar-refractivity contribution is 5.92. The first-order chi connectivity index (χ1) is 6.09. The number of hydrogen-bond acceptors (Lipinski definition) is 2. The van der Waals surface area contributed by atoms with Crippen LogP contribution in [-0.2, 0) is 11.3 Å². The minimum absolute atomic E-state index is 0. The van der Waals surface area contributed by atoms with Gasteiger partial charge in [0.2, 0.25) is 12.5 Å². The van der Waals surface area contributed by atoms with E-state index in [-0.39, 0.29) is 23.5 Å². The van der Waals surface area contributed by atoms with Gasteiger partial charge in [-0.3, -0.25) is 9.59 Å². The average Bonchev–Trinajstić information content (AvgIpc) is 2.04. The predicted octanol–water partition coefficient (Wildman–Crippen LogP) is -4.44. The summed E-state index contributed by atoms with van der Waals surface area (Å²) in [6.45, 7) is 0.0963. The van der Waals surface area contributed by atoms with Gasteiger partial charge in [0.15, 0.2) is 12.4 Å². The lowest BCUT2D eigenvalue weighted by Crippen LogP contribution is -3.00. The van der Waals surface area contributed by atoms with Crippen molar-refractivity contribution in [2.75, 3.05) is 0 Å². The maximum absolute atomic E-state index is 10.7. The van der Waals surface area contributed by atoms with Crippen LogP contribution in [0, 0.1) is 0 Å². The molecule has 0 radical (unpaired) electrons. The van der Waals surface area contributed by atoms with Gasteiger partial charge in [-0.25, -0.2) is 0 Å². The number of nitrogens with zero attached hydrogens (tertiary/aromatic N) is 1. The Bertz CT molecular complexity index is 337. The summed E-state index contributed by atoms with van der Waals surface area (Å²) in [5.74, 6) is -0.928. The molecular formula is C8H10BrN3O2. The fraction of sp³-hybridized carbons (Fsp3) is 0.125. The maximum atomic E-state index is 10.7. The molecule has 1 aromatic rings. The third-order valence-electron chi connectivity index (χ3n) is 1.51. The summed E-state index contributed by atoms with van der Waals surface area (Å²) < 4.78 is 1.56. The lowest BCUT2D eigenvalue weighted by atomic mass is 10.2. The van der Waals surface area contributed by atoms with Crippen molar-refractivity contribution >= 4 is 11.8 Å². The Hall–Kier alpha value is -1.43. The summed E-state index contributed by atoms with van der Waals surface area (Å²) in [5, 5.41) is 0. The van der Waals surface area contributed by atoms with Gasteiger partial charge in [-0.2, -0.15) is 4.57 Å². The van der Waals surface area contributed by atoms with Crippen LogP contribution >= 0.6 is 0 Å². The van der Waals surface area contributed by atoms with E-state index >= 15 is 0 Å². The molecule has 0 aliphatic rings. The largest absolute Gasteiger partial charge is 1.00 e. The Balaban J connectivity index is 0.00000169. The van der Waals surface area contributed by atoms with E-state index in [2.05, 4.69) is 0 Å². The highest BCUT2D eigenvalue weighted by Gasteiger charge is 2.06. The fourth-order valence-corrected chi connectivity index (χ4v) is 0.907. The van der Waals surface area contributed by atoms with E-state index in [9.17, 15) is 9.59 Å². The van der Waals surface area contributed by atoms with Crippen molar-refractivity contribution in [3.05, 3.63) is 30.1 Å². The van der Waals surface area contributed by atoms with E-state index in [1.165, 1.54) is 12.1 Å². The van der Waals surface area contributed by atoms with Crippen LogP contribution in [0.1, 0.15) is 10.4 Å². The summed E-state index contributed by atoms with van der Waals surface area (Å²) in [5.41, 5.74) is 10.4. The van der Waals surface area contributed by atoms with Crippen molar-refractivity contribution in [2.24, 2.45) is 11.5 Å². The molecule has 4 N–H and O–H groups in total. The molecule has 6 heteroatoms. The molecule has 1 heterocycles. The number of nitrogens with two attached hydrogens (primary N) is 2. The standard InChI is InChI=1S/C8H9N3O2.BrH/c9-7(12)5-11-3-1-6(2-4-11)8(10)13;/h1-4H,5H2,(H3-,9,10,12,13);1H. The number of aromatic nitrogens is 1. The number of amides is 2. The van der Waals surface area contributed by atoms with Crippen LogP contribution in [0.25, 0.3) is 0 Å². The second-order valence-electron chi connectivity index (χ2n) is 2.59. The summed E-state index contributed by atoms with van der Waals surface area (Å²) in [4.78, 5) is 21.2. The molecule has 76 valence electrons. The zero-order valence-electron chi connectivity index (χ0n) is 7.31. The lowest BCUT2D eigenvalue weighted by Gasteiger charge is -1.94. The predicted molar refractivity (Wildman–Crippen MR) is 44.3 cm³/mol. The molecule has 0 atom stereocenters. The molecule has 0 unspecified atom stereocenters. The normalized spacial score (nSPS) is 8.86. The van der Waals surface area contributed by atoms with E-state index in [0.29, 0.717) is 5.56 Å². The Morgan fingerprint density at radius 1 is 1.21 bits per heavy atom. The van der Waals surface area contributed by atoms with Crippen LogP contribution in [0.4, 0.5) is 0 Å². The topological polar surface area (TPSA) is 90.1 Å². The van der Waals surface area contributed by atoms with Crippen LogP contribution in [0.5, 0.6) is 0 Å². The van der Waals surface area contributed by atoms with Gasteiger partial charge >= 0.3 is 0 Å².